The molecule has 1 aromatic heterocycles. The molecule has 0 saturated carbocycles. The number of benzene rings is 1. The number of hydrogen-bond donors (Lipinski definition) is 1. The lowest BCUT2D eigenvalue weighted by Crippen LogP contribution is -2.18. The van der Waals surface area contributed by atoms with E-state index < -0.39 is 0 Å². The molecule has 94 valence electrons. The second-order valence-electron chi connectivity index (χ2n) is 4.14. The van der Waals surface area contributed by atoms with E-state index in [2.05, 4.69) is 27.4 Å². The molecule has 1 atom stereocenters. The number of hydrogen-bond acceptors (Lipinski definition) is 4. The summed E-state index contributed by atoms with van der Waals surface area (Å²) in [7, 11) is 3.60. The number of methoxy groups -OCH3 is 1. The van der Waals surface area contributed by atoms with Gasteiger partial charge in [-0.1, -0.05) is 12.1 Å². The van der Waals surface area contributed by atoms with Gasteiger partial charge in [-0.25, -0.2) is 9.97 Å². The zero-order valence-electron chi connectivity index (χ0n) is 10.8. The maximum Gasteiger partial charge on any atom is 0.124 e. The van der Waals surface area contributed by atoms with Crippen LogP contribution < -0.4 is 10.1 Å². The summed E-state index contributed by atoms with van der Waals surface area (Å²) in [5.41, 5.74) is 3.28. The van der Waals surface area contributed by atoms with Crippen molar-refractivity contribution in [2.75, 3.05) is 14.2 Å². The highest BCUT2D eigenvalue weighted by atomic mass is 16.5. The van der Waals surface area contributed by atoms with Gasteiger partial charge in [-0.15, -0.1) is 0 Å². The number of aromatic nitrogens is 2. The number of nitrogens with one attached hydrogen (secondary N) is 1. The topological polar surface area (TPSA) is 47.0 Å². The molecule has 0 fully saturated rings. The van der Waals surface area contributed by atoms with Gasteiger partial charge in [-0.3, -0.25) is 0 Å². The quantitative estimate of drug-likeness (QED) is 0.893. The van der Waals surface area contributed by atoms with Gasteiger partial charge in [-0.05, 0) is 25.6 Å². The first-order valence-corrected chi connectivity index (χ1v) is 5.83. The maximum atomic E-state index is 5.45. The van der Waals surface area contributed by atoms with E-state index in [1.165, 1.54) is 11.9 Å². The molecule has 4 heteroatoms. The second-order valence-corrected chi connectivity index (χ2v) is 4.14. The fourth-order valence-corrected chi connectivity index (χ4v) is 2.02. The predicted molar refractivity (Wildman–Crippen MR) is 70.7 cm³/mol. The molecule has 0 aliphatic carbocycles. The SMILES string of the molecule is CNC(c1cncnc1)c1ccc(C)cc1OC. The fourth-order valence-electron chi connectivity index (χ4n) is 2.02. The lowest BCUT2D eigenvalue weighted by molar-refractivity contribution is 0.405. The summed E-state index contributed by atoms with van der Waals surface area (Å²) in [5.74, 6) is 0.873. The molecule has 0 bridgehead atoms. The molecule has 0 aliphatic rings. The van der Waals surface area contributed by atoms with Crippen LogP contribution in [-0.2, 0) is 0 Å². The Kier molecular flexibility index (Phi) is 3.89. The minimum absolute atomic E-state index is 0.0294. The average molecular weight is 243 g/mol. The van der Waals surface area contributed by atoms with Gasteiger partial charge in [-0.2, -0.15) is 0 Å². The zero-order valence-corrected chi connectivity index (χ0v) is 10.8. The van der Waals surface area contributed by atoms with Crippen molar-refractivity contribution in [1.29, 1.82) is 0 Å². The van der Waals surface area contributed by atoms with Crippen LogP contribution in [0, 0.1) is 6.92 Å². The molecular formula is C14H17N3O. The Bertz CT molecular complexity index is 514. The van der Waals surface area contributed by atoms with Crippen molar-refractivity contribution in [3.8, 4) is 5.75 Å². The summed E-state index contributed by atoms with van der Waals surface area (Å²) in [5, 5.41) is 3.27. The van der Waals surface area contributed by atoms with Gasteiger partial charge in [0.2, 0.25) is 0 Å². The first kappa shape index (κ1) is 12.5. The Balaban J connectivity index is 2.45. The Morgan fingerprint density at radius 1 is 1.22 bits per heavy atom. The maximum absolute atomic E-state index is 5.45. The lowest BCUT2D eigenvalue weighted by atomic mass is 9.99. The molecule has 0 amide bonds. The number of ether oxygens (including phenoxy) is 1. The third kappa shape index (κ3) is 2.49. The lowest BCUT2D eigenvalue weighted by Gasteiger charge is -2.19. The molecule has 1 unspecified atom stereocenters. The van der Waals surface area contributed by atoms with Crippen LogP contribution in [0.2, 0.25) is 0 Å². The summed E-state index contributed by atoms with van der Waals surface area (Å²) in [6.07, 6.45) is 5.16. The number of rotatable bonds is 4. The standard InChI is InChI=1S/C14H17N3O/c1-10-4-5-12(13(6-10)18-3)14(15-2)11-7-16-9-17-8-11/h4-9,14-15H,1-3H3. The Labute approximate surface area is 107 Å². The molecular weight excluding hydrogens is 226 g/mol. The molecule has 1 N–H and O–H groups in total. The van der Waals surface area contributed by atoms with Crippen LogP contribution in [-0.4, -0.2) is 24.1 Å². The summed E-state index contributed by atoms with van der Waals surface area (Å²) in [4.78, 5) is 8.12. The van der Waals surface area contributed by atoms with Crippen molar-refractivity contribution in [1.82, 2.24) is 15.3 Å². The Hall–Kier alpha value is -1.94. The number of aryl methyl sites for hydroxylation is 1. The predicted octanol–water partition coefficient (Wildman–Crippen LogP) is 2.10. The van der Waals surface area contributed by atoms with Crippen molar-refractivity contribution in [3.63, 3.8) is 0 Å². The van der Waals surface area contributed by atoms with Gasteiger partial charge in [0.25, 0.3) is 0 Å². The Morgan fingerprint density at radius 3 is 2.56 bits per heavy atom. The van der Waals surface area contributed by atoms with E-state index in [0.29, 0.717) is 0 Å². The summed E-state index contributed by atoms with van der Waals surface area (Å²) < 4.78 is 5.45. The van der Waals surface area contributed by atoms with Gasteiger partial charge in [0.1, 0.15) is 12.1 Å². The molecule has 2 aromatic rings. The van der Waals surface area contributed by atoms with Crippen molar-refractivity contribution >= 4 is 0 Å². The van der Waals surface area contributed by atoms with Crippen LogP contribution in [0.3, 0.4) is 0 Å². The third-order valence-electron chi connectivity index (χ3n) is 2.90. The summed E-state index contributed by atoms with van der Waals surface area (Å²) in [6.45, 7) is 2.05. The van der Waals surface area contributed by atoms with Gasteiger partial charge in [0.15, 0.2) is 0 Å². The van der Waals surface area contributed by atoms with Crippen LogP contribution in [0.25, 0.3) is 0 Å². The molecule has 4 nitrogen and oxygen atoms in total. The summed E-state index contributed by atoms with van der Waals surface area (Å²) >= 11 is 0. The molecule has 0 spiro atoms. The van der Waals surface area contributed by atoms with E-state index in [9.17, 15) is 0 Å². The van der Waals surface area contributed by atoms with E-state index in [0.717, 1.165) is 16.9 Å². The molecule has 1 heterocycles. The normalized spacial score (nSPS) is 12.2. The smallest absolute Gasteiger partial charge is 0.124 e. The van der Waals surface area contributed by atoms with Crippen LogP contribution in [0.1, 0.15) is 22.7 Å². The van der Waals surface area contributed by atoms with Crippen molar-refractivity contribution in [2.45, 2.75) is 13.0 Å². The van der Waals surface area contributed by atoms with Crippen molar-refractivity contribution in [2.24, 2.45) is 0 Å². The van der Waals surface area contributed by atoms with E-state index in [1.807, 2.05) is 32.4 Å². The molecule has 18 heavy (non-hydrogen) atoms. The van der Waals surface area contributed by atoms with E-state index in [4.69, 9.17) is 4.74 Å². The van der Waals surface area contributed by atoms with E-state index >= 15 is 0 Å². The van der Waals surface area contributed by atoms with E-state index in [-0.39, 0.29) is 6.04 Å². The Morgan fingerprint density at radius 2 is 1.94 bits per heavy atom. The molecule has 1 aromatic carbocycles. The largest absolute Gasteiger partial charge is 0.496 e. The van der Waals surface area contributed by atoms with E-state index in [1.54, 1.807) is 7.11 Å². The summed E-state index contributed by atoms with van der Waals surface area (Å²) in [6, 6.07) is 6.21. The van der Waals surface area contributed by atoms with Crippen molar-refractivity contribution in [3.05, 3.63) is 53.6 Å². The fraction of sp³-hybridized carbons (Fsp3) is 0.286. The third-order valence-corrected chi connectivity index (χ3v) is 2.90. The molecule has 0 saturated heterocycles. The minimum atomic E-state index is 0.0294. The number of nitrogens with zero attached hydrogens (tertiary/aromatic N) is 2. The molecule has 0 aliphatic heterocycles. The first-order valence-electron chi connectivity index (χ1n) is 5.83. The molecule has 0 radical (unpaired) electrons. The van der Waals surface area contributed by atoms with Crippen LogP contribution in [0.5, 0.6) is 5.75 Å². The highest BCUT2D eigenvalue weighted by molar-refractivity contribution is 5.42. The first-order chi connectivity index (χ1) is 8.76. The molecule has 2 rings (SSSR count). The highest BCUT2D eigenvalue weighted by Crippen LogP contribution is 2.29. The van der Waals surface area contributed by atoms with Crippen LogP contribution in [0.15, 0.2) is 36.9 Å². The average Bonchev–Trinajstić information content (AvgIpc) is 2.42. The highest BCUT2D eigenvalue weighted by Gasteiger charge is 2.16. The van der Waals surface area contributed by atoms with Crippen LogP contribution in [0.4, 0.5) is 0 Å². The monoisotopic (exact) mass is 243 g/mol. The van der Waals surface area contributed by atoms with Gasteiger partial charge in [0, 0.05) is 23.5 Å². The minimum Gasteiger partial charge on any atom is -0.496 e. The zero-order chi connectivity index (χ0) is 13.0. The van der Waals surface area contributed by atoms with Crippen molar-refractivity contribution < 1.29 is 4.74 Å². The van der Waals surface area contributed by atoms with Gasteiger partial charge >= 0.3 is 0 Å². The second kappa shape index (κ2) is 5.60. The van der Waals surface area contributed by atoms with Gasteiger partial charge < -0.3 is 10.1 Å². The van der Waals surface area contributed by atoms with Crippen LogP contribution >= 0.6 is 0 Å². The van der Waals surface area contributed by atoms with Gasteiger partial charge in [0.05, 0.1) is 13.2 Å².